The molecule has 1 aliphatic rings. The quantitative estimate of drug-likeness (QED) is 0.608. The fourth-order valence-corrected chi connectivity index (χ4v) is 7.50. The molecule has 1 amide bonds. The fraction of sp³-hybridized carbons (Fsp3) is 0.526. The van der Waals surface area contributed by atoms with E-state index in [4.69, 9.17) is 0 Å². The van der Waals surface area contributed by atoms with Gasteiger partial charge in [0.25, 0.3) is 5.91 Å². The molecule has 0 aliphatic carbocycles. The topological polar surface area (TPSA) is 109 Å². The molecule has 1 N–H and O–H groups in total. The highest BCUT2D eigenvalue weighted by atomic mass is 32.2. The lowest BCUT2D eigenvalue weighted by Gasteiger charge is -2.32. The van der Waals surface area contributed by atoms with Gasteiger partial charge in [0.15, 0.2) is 0 Å². The minimum absolute atomic E-state index is 0.0978. The molecular formula is C19H28N4O5S3. The third-order valence-corrected chi connectivity index (χ3v) is 10.3. The second-order valence-electron chi connectivity index (χ2n) is 7.38. The van der Waals surface area contributed by atoms with Gasteiger partial charge in [-0.1, -0.05) is 19.9 Å². The molecule has 1 aliphatic heterocycles. The molecule has 0 saturated carbocycles. The van der Waals surface area contributed by atoms with Crippen LogP contribution in [0.1, 0.15) is 37.2 Å². The molecule has 172 valence electrons. The maximum Gasteiger partial charge on any atom is 0.270 e. The Bertz CT molecular complexity index is 1110. The zero-order valence-electron chi connectivity index (χ0n) is 17.8. The van der Waals surface area contributed by atoms with Gasteiger partial charge in [-0.25, -0.2) is 21.6 Å². The summed E-state index contributed by atoms with van der Waals surface area (Å²) in [5.41, 5.74) is 0.295. The van der Waals surface area contributed by atoms with Crippen LogP contribution in [0.15, 0.2) is 38.9 Å². The number of nitrogens with one attached hydrogen (secondary N) is 1. The van der Waals surface area contributed by atoms with Gasteiger partial charge in [0.2, 0.25) is 20.0 Å². The number of sulfonamides is 2. The largest absolute Gasteiger partial charge is 0.345 e. The minimum atomic E-state index is -3.65. The summed E-state index contributed by atoms with van der Waals surface area (Å²) in [4.78, 5) is 14.7. The van der Waals surface area contributed by atoms with Crippen molar-refractivity contribution in [2.45, 2.75) is 41.8 Å². The number of aromatic nitrogens is 1. The number of nitrogens with zero attached hydrogens (tertiary/aromatic N) is 3. The third kappa shape index (κ3) is 5.03. The van der Waals surface area contributed by atoms with Gasteiger partial charge in [-0.2, -0.15) is 4.31 Å². The van der Waals surface area contributed by atoms with Gasteiger partial charge in [-0.05, 0) is 30.4 Å². The van der Waals surface area contributed by atoms with E-state index in [1.807, 2.05) is 0 Å². The van der Waals surface area contributed by atoms with Crippen molar-refractivity contribution in [2.75, 3.05) is 26.2 Å². The highest BCUT2D eigenvalue weighted by molar-refractivity contribution is 7.91. The molecule has 3 heterocycles. The average Bonchev–Trinajstić information content (AvgIpc) is 3.39. The molecule has 12 heteroatoms. The first-order valence-electron chi connectivity index (χ1n) is 10.1. The predicted molar refractivity (Wildman–Crippen MR) is 119 cm³/mol. The molecular weight excluding hydrogens is 460 g/mol. The van der Waals surface area contributed by atoms with Crippen molar-refractivity contribution in [3.05, 3.63) is 35.5 Å². The fourth-order valence-electron chi connectivity index (χ4n) is 3.66. The molecule has 0 bridgehead atoms. The summed E-state index contributed by atoms with van der Waals surface area (Å²) in [5, 5.41) is 1.71. The Hall–Kier alpha value is -1.73. The Morgan fingerprint density at radius 2 is 1.84 bits per heavy atom. The van der Waals surface area contributed by atoms with E-state index in [1.54, 1.807) is 43.3 Å². The number of carbonyl (C=O) groups excluding carboxylic acids is 1. The third-order valence-electron chi connectivity index (χ3n) is 5.41. The van der Waals surface area contributed by atoms with Crippen LogP contribution in [0.25, 0.3) is 0 Å². The molecule has 31 heavy (non-hydrogen) atoms. The number of hydrogen-bond donors (Lipinski definition) is 1. The number of aryl methyl sites for hydroxylation is 1. The van der Waals surface area contributed by atoms with E-state index in [0.717, 1.165) is 11.3 Å². The zero-order chi connectivity index (χ0) is 22.8. The highest BCUT2D eigenvalue weighted by Gasteiger charge is 2.30. The van der Waals surface area contributed by atoms with E-state index >= 15 is 0 Å². The predicted octanol–water partition coefficient (Wildman–Crippen LogP) is 1.70. The van der Waals surface area contributed by atoms with Crippen molar-refractivity contribution in [2.24, 2.45) is 7.05 Å². The van der Waals surface area contributed by atoms with Gasteiger partial charge in [0, 0.05) is 45.5 Å². The summed E-state index contributed by atoms with van der Waals surface area (Å²) in [7, 11) is -5.55. The average molecular weight is 489 g/mol. The van der Waals surface area contributed by atoms with Crippen LogP contribution < -0.4 is 4.72 Å². The van der Waals surface area contributed by atoms with Gasteiger partial charge in [0.1, 0.15) is 14.8 Å². The molecule has 0 radical (unpaired) electrons. The number of likely N-dealkylation sites (tertiary alicyclic amines) is 1. The molecule has 2 aromatic heterocycles. The van der Waals surface area contributed by atoms with Crippen LogP contribution in [0.4, 0.5) is 0 Å². The number of thiophene rings is 1. The minimum Gasteiger partial charge on any atom is -0.345 e. The van der Waals surface area contributed by atoms with E-state index in [2.05, 4.69) is 4.72 Å². The van der Waals surface area contributed by atoms with Crippen LogP contribution in [-0.4, -0.2) is 68.7 Å². The van der Waals surface area contributed by atoms with Crippen molar-refractivity contribution >= 4 is 37.3 Å². The molecule has 0 unspecified atom stereocenters. The summed E-state index contributed by atoms with van der Waals surface area (Å²) < 4.78 is 56.2. The van der Waals surface area contributed by atoms with E-state index in [9.17, 15) is 21.6 Å². The summed E-state index contributed by atoms with van der Waals surface area (Å²) in [5.74, 6) is -0.261. The number of rotatable bonds is 8. The Balaban J connectivity index is 1.67. The first kappa shape index (κ1) is 23.9. The monoisotopic (exact) mass is 488 g/mol. The van der Waals surface area contributed by atoms with E-state index < -0.39 is 20.0 Å². The summed E-state index contributed by atoms with van der Waals surface area (Å²) in [6, 6.07) is 4.42. The molecule has 9 nitrogen and oxygen atoms in total. The van der Waals surface area contributed by atoms with Crippen molar-refractivity contribution in [1.82, 2.24) is 18.5 Å². The van der Waals surface area contributed by atoms with E-state index in [-0.39, 0.29) is 21.1 Å². The van der Waals surface area contributed by atoms with Crippen molar-refractivity contribution in [1.29, 1.82) is 0 Å². The Labute approximate surface area is 187 Å². The van der Waals surface area contributed by atoms with Crippen LogP contribution in [0, 0.1) is 0 Å². The summed E-state index contributed by atoms with van der Waals surface area (Å²) in [6.45, 7) is 5.02. The van der Waals surface area contributed by atoms with Crippen LogP contribution >= 0.6 is 11.3 Å². The smallest absolute Gasteiger partial charge is 0.270 e. The summed E-state index contributed by atoms with van der Waals surface area (Å²) in [6.07, 6.45) is 2.44. The van der Waals surface area contributed by atoms with E-state index in [0.29, 0.717) is 44.7 Å². The first-order chi connectivity index (χ1) is 14.6. The normalized spacial score (nSPS) is 16.2. The van der Waals surface area contributed by atoms with Crippen LogP contribution in [-0.2, 0) is 27.1 Å². The highest BCUT2D eigenvalue weighted by Crippen LogP contribution is 2.22. The molecule has 3 rings (SSSR count). The molecule has 1 saturated heterocycles. The second-order valence-corrected chi connectivity index (χ2v) is 12.2. The lowest BCUT2D eigenvalue weighted by Crippen LogP contribution is -2.46. The molecule has 1 fully saturated rings. The van der Waals surface area contributed by atoms with Crippen LogP contribution in [0.5, 0.6) is 0 Å². The van der Waals surface area contributed by atoms with Crippen LogP contribution in [0.2, 0.25) is 0 Å². The van der Waals surface area contributed by atoms with Crippen molar-refractivity contribution in [3.63, 3.8) is 0 Å². The Morgan fingerprint density at radius 3 is 2.39 bits per heavy atom. The number of hydrogen-bond acceptors (Lipinski definition) is 6. The number of amides is 1. The number of piperidine rings is 1. The molecule has 0 aromatic carbocycles. The van der Waals surface area contributed by atoms with Gasteiger partial charge < -0.3 is 9.47 Å². The first-order valence-corrected chi connectivity index (χ1v) is 13.9. The molecule has 0 atom stereocenters. The lowest BCUT2D eigenvalue weighted by molar-refractivity contribution is 0.0701. The van der Waals surface area contributed by atoms with Crippen molar-refractivity contribution in [3.8, 4) is 0 Å². The molecule has 0 spiro atoms. The SMILES string of the molecule is CCN(CC)S(=O)(=O)c1cc(C(=O)N2CCC(NS(=O)(=O)c3cccs3)CC2)n(C)c1. The zero-order valence-corrected chi connectivity index (χ0v) is 20.3. The summed E-state index contributed by atoms with van der Waals surface area (Å²) >= 11 is 1.16. The van der Waals surface area contributed by atoms with Gasteiger partial charge in [-0.15, -0.1) is 11.3 Å². The van der Waals surface area contributed by atoms with Crippen LogP contribution in [0.3, 0.4) is 0 Å². The van der Waals surface area contributed by atoms with Gasteiger partial charge >= 0.3 is 0 Å². The molecule has 2 aromatic rings. The standard InChI is InChI=1S/C19H28N4O5S3/c1-4-23(5-2)31(27,28)16-13-17(21(3)14-16)19(24)22-10-8-15(9-11-22)20-30(25,26)18-7-6-12-29-18/h6-7,12-15,20H,4-5,8-11H2,1-3H3. The Morgan fingerprint density at radius 1 is 1.19 bits per heavy atom. The van der Waals surface area contributed by atoms with Gasteiger partial charge in [-0.3, -0.25) is 4.79 Å². The Kier molecular flexibility index (Phi) is 7.26. The van der Waals surface area contributed by atoms with Gasteiger partial charge in [0.05, 0.1) is 0 Å². The van der Waals surface area contributed by atoms with E-state index in [1.165, 1.54) is 21.1 Å². The second kappa shape index (κ2) is 9.41. The number of carbonyl (C=O) groups is 1. The maximum absolute atomic E-state index is 13.0. The maximum atomic E-state index is 13.0. The lowest BCUT2D eigenvalue weighted by atomic mass is 10.1. The van der Waals surface area contributed by atoms with Crippen molar-refractivity contribution < 1.29 is 21.6 Å².